The third-order valence-corrected chi connectivity index (χ3v) is 3.17. The Balaban J connectivity index is 1.82. The molecule has 0 fully saturated rings. The van der Waals surface area contributed by atoms with Gasteiger partial charge in [0.1, 0.15) is 11.6 Å². The third-order valence-electron chi connectivity index (χ3n) is 2.80. The van der Waals surface area contributed by atoms with E-state index in [1.807, 2.05) is 6.07 Å². The SMILES string of the molecule is Fc1cccc(CCNCc2cc(F)ccc2Cl)c1. The molecule has 0 unspecified atom stereocenters. The van der Waals surface area contributed by atoms with Crippen LogP contribution in [0.15, 0.2) is 42.5 Å². The molecular weight excluding hydrogens is 268 g/mol. The van der Waals surface area contributed by atoms with E-state index in [1.165, 1.54) is 24.3 Å². The van der Waals surface area contributed by atoms with Crippen molar-refractivity contribution >= 4 is 11.6 Å². The fourth-order valence-electron chi connectivity index (χ4n) is 1.83. The predicted octanol–water partition coefficient (Wildman–Crippen LogP) is 3.95. The van der Waals surface area contributed by atoms with Gasteiger partial charge in [-0.05, 0) is 54.4 Å². The van der Waals surface area contributed by atoms with Crippen LogP contribution < -0.4 is 5.32 Å². The van der Waals surface area contributed by atoms with Crippen LogP contribution in [-0.2, 0) is 13.0 Å². The van der Waals surface area contributed by atoms with Crippen molar-refractivity contribution in [3.05, 3.63) is 70.2 Å². The van der Waals surface area contributed by atoms with Crippen molar-refractivity contribution in [2.45, 2.75) is 13.0 Å². The molecule has 0 saturated carbocycles. The summed E-state index contributed by atoms with van der Waals surface area (Å²) in [5.41, 5.74) is 1.65. The molecule has 0 radical (unpaired) electrons. The van der Waals surface area contributed by atoms with Crippen molar-refractivity contribution < 1.29 is 8.78 Å². The second-order valence-corrected chi connectivity index (χ2v) is 4.70. The number of hydrogen-bond acceptors (Lipinski definition) is 1. The first-order valence-corrected chi connectivity index (χ1v) is 6.42. The molecule has 2 aromatic rings. The van der Waals surface area contributed by atoms with E-state index in [2.05, 4.69) is 5.32 Å². The summed E-state index contributed by atoms with van der Waals surface area (Å²) >= 11 is 5.96. The molecule has 0 saturated heterocycles. The van der Waals surface area contributed by atoms with Crippen LogP contribution in [0.2, 0.25) is 5.02 Å². The molecule has 1 nitrogen and oxygen atoms in total. The topological polar surface area (TPSA) is 12.0 Å². The van der Waals surface area contributed by atoms with Crippen molar-refractivity contribution in [1.82, 2.24) is 5.32 Å². The zero-order chi connectivity index (χ0) is 13.7. The van der Waals surface area contributed by atoms with Crippen LogP contribution in [0.3, 0.4) is 0 Å². The van der Waals surface area contributed by atoms with Crippen LogP contribution in [-0.4, -0.2) is 6.54 Å². The molecule has 100 valence electrons. The molecule has 0 aliphatic rings. The zero-order valence-corrected chi connectivity index (χ0v) is 11.1. The Morgan fingerprint density at radius 1 is 1.00 bits per heavy atom. The third kappa shape index (κ3) is 4.30. The zero-order valence-electron chi connectivity index (χ0n) is 10.3. The summed E-state index contributed by atoms with van der Waals surface area (Å²) in [7, 11) is 0. The van der Waals surface area contributed by atoms with Crippen molar-refractivity contribution in [1.29, 1.82) is 0 Å². The van der Waals surface area contributed by atoms with E-state index in [0.717, 1.165) is 11.1 Å². The number of hydrogen-bond donors (Lipinski definition) is 1. The van der Waals surface area contributed by atoms with Gasteiger partial charge in [0.25, 0.3) is 0 Å². The Kier molecular flexibility index (Phi) is 4.88. The smallest absolute Gasteiger partial charge is 0.123 e. The number of rotatable bonds is 5. The van der Waals surface area contributed by atoms with E-state index < -0.39 is 0 Å². The van der Waals surface area contributed by atoms with Gasteiger partial charge in [0.2, 0.25) is 0 Å². The molecule has 0 aromatic heterocycles. The molecule has 1 N–H and O–H groups in total. The Morgan fingerprint density at radius 3 is 2.58 bits per heavy atom. The Morgan fingerprint density at radius 2 is 1.79 bits per heavy atom. The summed E-state index contributed by atoms with van der Waals surface area (Å²) < 4.78 is 26.0. The Labute approximate surface area is 116 Å². The van der Waals surface area contributed by atoms with Crippen LogP contribution in [0.5, 0.6) is 0 Å². The molecule has 0 heterocycles. The summed E-state index contributed by atoms with van der Waals surface area (Å²) in [6, 6.07) is 10.8. The van der Waals surface area contributed by atoms with Gasteiger partial charge < -0.3 is 5.32 Å². The summed E-state index contributed by atoms with van der Waals surface area (Å²) in [5, 5.41) is 3.71. The molecule has 4 heteroatoms. The van der Waals surface area contributed by atoms with E-state index in [0.29, 0.717) is 24.5 Å². The highest BCUT2D eigenvalue weighted by molar-refractivity contribution is 6.31. The van der Waals surface area contributed by atoms with Crippen molar-refractivity contribution in [2.75, 3.05) is 6.54 Å². The summed E-state index contributed by atoms with van der Waals surface area (Å²) in [5.74, 6) is -0.531. The lowest BCUT2D eigenvalue weighted by Crippen LogP contribution is -2.17. The molecule has 0 bridgehead atoms. The average molecular weight is 282 g/mol. The Bertz CT molecular complexity index is 558. The maximum absolute atomic E-state index is 13.0. The first-order chi connectivity index (χ1) is 9.15. The summed E-state index contributed by atoms with van der Waals surface area (Å²) in [6.07, 6.45) is 0.713. The van der Waals surface area contributed by atoms with Gasteiger partial charge in [-0.2, -0.15) is 0 Å². The van der Waals surface area contributed by atoms with Crippen molar-refractivity contribution in [3.63, 3.8) is 0 Å². The van der Waals surface area contributed by atoms with E-state index in [-0.39, 0.29) is 11.6 Å². The second kappa shape index (κ2) is 6.64. The van der Waals surface area contributed by atoms with Crippen LogP contribution >= 0.6 is 11.6 Å². The first kappa shape index (κ1) is 14.0. The lowest BCUT2D eigenvalue weighted by Gasteiger charge is -2.07. The average Bonchev–Trinajstić information content (AvgIpc) is 2.39. The van der Waals surface area contributed by atoms with E-state index >= 15 is 0 Å². The summed E-state index contributed by atoms with van der Waals surface area (Å²) in [6.45, 7) is 1.17. The molecule has 0 aliphatic heterocycles. The Hall–Kier alpha value is -1.45. The van der Waals surface area contributed by atoms with Crippen LogP contribution in [0.1, 0.15) is 11.1 Å². The largest absolute Gasteiger partial charge is 0.312 e. The van der Waals surface area contributed by atoms with E-state index in [4.69, 9.17) is 11.6 Å². The van der Waals surface area contributed by atoms with Gasteiger partial charge in [0, 0.05) is 11.6 Å². The molecule has 0 amide bonds. The van der Waals surface area contributed by atoms with Gasteiger partial charge in [-0.1, -0.05) is 23.7 Å². The minimum absolute atomic E-state index is 0.231. The highest BCUT2D eigenvalue weighted by Crippen LogP contribution is 2.16. The summed E-state index contributed by atoms with van der Waals surface area (Å²) in [4.78, 5) is 0. The van der Waals surface area contributed by atoms with E-state index in [9.17, 15) is 8.78 Å². The maximum Gasteiger partial charge on any atom is 0.123 e. The maximum atomic E-state index is 13.0. The lowest BCUT2D eigenvalue weighted by molar-refractivity contribution is 0.617. The molecule has 0 aliphatic carbocycles. The van der Waals surface area contributed by atoms with Gasteiger partial charge >= 0.3 is 0 Å². The quantitative estimate of drug-likeness (QED) is 0.818. The normalized spacial score (nSPS) is 10.7. The first-order valence-electron chi connectivity index (χ1n) is 6.04. The predicted molar refractivity (Wildman–Crippen MR) is 73.2 cm³/mol. The lowest BCUT2D eigenvalue weighted by atomic mass is 10.1. The van der Waals surface area contributed by atoms with Gasteiger partial charge in [-0.25, -0.2) is 8.78 Å². The van der Waals surface area contributed by atoms with Crippen LogP contribution in [0, 0.1) is 11.6 Å². The number of halogens is 3. The van der Waals surface area contributed by atoms with Crippen molar-refractivity contribution in [2.24, 2.45) is 0 Å². The molecule has 19 heavy (non-hydrogen) atoms. The van der Waals surface area contributed by atoms with Gasteiger partial charge in [0.05, 0.1) is 0 Å². The number of nitrogens with one attached hydrogen (secondary N) is 1. The van der Waals surface area contributed by atoms with Gasteiger partial charge in [-0.15, -0.1) is 0 Å². The monoisotopic (exact) mass is 281 g/mol. The molecule has 2 aromatic carbocycles. The highest BCUT2D eigenvalue weighted by Gasteiger charge is 2.02. The molecule has 2 rings (SSSR count). The van der Waals surface area contributed by atoms with Gasteiger partial charge in [-0.3, -0.25) is 0 Å². The standard InChI is InChI=1S/C15H14ClF2N/c16-15-5-4-14(18)9-12(15)10-19-7-6-11-2-1-3-13(17)8-11/h1-5,8-9,19H,6-7,10H2. The van der Waals surface area contributed by atoms with Crippen molar-refractivity contribution in [3.8, 4) is 0 Å². The molecular formula is C15H14ClF2N. The number of benzene rings is 2. The fraction of sp³-hybridized carbons (Fsp3) is 0.200. The fourth-order valence-corrected chi connectivity index (χ4v) is 2.01. The minimum atomic E-state index is -0.300. The molecule has 0 atom stereocenters. The second-order valence-electron chi connectivity index (χ2n) is 4.29. The highest BCUT2D eigenvalue weighted by atomic mass is 35.5. The minimum Gasteiger partial charge on any atom is -0.312 e. The van der Waals surface area contributed by atoms with E-state index in [1.54, 1.807) is 12.1 Å². The molecule has 0 spiro atoms. The van der Waals surface area contributed by atoms with Crippen LogP contribution in [0.25, 0.3) is 0 Å². The van der Waals surface area contributed by atoms with Crippen LogP contribution in [0.4, 0.5) is 8.78 Å². The van der Waals surface area contributed by atoms with Gasteiger partial charge in [0.15, 0.2) is 0 Å².